The molecule has 0 saturated carbocycles. The molecule has 4 heteroatoms. The third kappa shape index (κ3) is 2.75. The summed E-state index contributed by atoms with van der Waals surface area (Å²) in [6.45, 7) is 8.54. The zero-order chi connectivity index (χ0) is 13.2. The monoisotopic (exact) mass is 237 g/mol. The Kier molecular flexibility index (Phi) is 3.76. The highest BCUT2D eigenvalue weighted by Gasteiger charge is 2.21. The Morgan fingerprint density at radius 3 is 2.35 bits per heavy atom. The molecule has 0 saturated heterocycles. The van der Waals surface area contributed by atoms with E-state index < -0.39 is 11.5 Å². The van der Waals surface area contributed by atoms with Gasteiger partial charge in [0, 0.05) is 17.7 Å². The van der Waals surface area contributed by atoms with E-state index in [1.807, 2.05) is 27.7 Å². The maximum Gasteiger partial charge on any atom is 0.341 e. The van der Waals surface area contributed by atoms with Crippen molar-refractivity contribution in [3.63, 3.8) is 0 Å². The smallest absolute Gasteiger partial charge is 0.341 e. The second-order valence-electron chi connectivity index (χ2n) is 5.14. The standard InChI is InChI=1S/C13H19NO3/c1-5-8-14-10(13(2,3)4)7-6-9(11(14)15)12(16)17/h6-7H,5,8H2,1-4H3,(H,16,17). The molecule has 17 heavy (non-hydrogen) atoms. The third-order valence-corrected chi connectivity index (χ3v) is 2.62. The highest BCUT2D eigenvalue weighted by Crippen LogP contribution is 2.21. The van der Waals surface area contributed by atoms with Gasteiger partial charge in [0.1, 0.15) is 5.56 Å². The van der Waals surface area contributed by atoms with Crippen LogP contribution in [0.15, 0.2) is 16.9 Å². The average molecular weight is 237 g/mol. The molecule has 1 aromatic rings. The second kappa shape index (κ2) is 4.73. The van der Waals surface area contributed by atoms with Crippen molar-refractivity contribution in [1.29, 1.82) is 0 Å². The van der Waals surface area contributed by atoms with Crippen molar-refractivity contribution in [1.82, 2.24) is 4.57 Å². The fourth-order valence-electron chi connectivity index (χ4n) is 1.84. The van der Waals surface area contributed by atoms with Crippen LogP contribution in [0.4, 0.5) is 0 Å². The molecule has 4 nitrogen and oxygen atoms in total. The maximum absolute atomic E-state index is 12.0. The number of hydrogen-bond donors (Lipinski definition) is 1. The summed E-state index contributed by atoms with van der Waals surface area (Å²) < 4.78 is 1.57. The molecule has 1 heterocycles. The summed E-state index contributed by atoms with van der Waals surface area (Å²) in [7, 11) is 0. The summed E-state index contributed by atoms with van der Waals surface area (Å²) in [6.07, 6.45) is 0.798. The number of aromatic nitrogens is 1. The Morgan fingerprint density at radius 2 is 1.94 bits per heavy atom. The van der Waals surface area contributed by atoms with Gasteiger partial charge in [-0.25, -0.2) is 4.79 Å². The number of carboxylic acids is 1. The molecule has 0 spiro atoms. The molecule has 0 aliphatic rings. The van der Waals surface area contributed by atoms with Crippen LogP contribution in [0.2, 0.25) is 0 Å². The zero-order valence-corrected chi connectivity index (χ0v) is 10.8. The molecule has 94 valence electrons. The zero-order valence-electron chi connectivity index (χ0n) is 10.8. The number of carbonyl (C=O) groups is 1. The van der Waals surface area contributed by atoms with Gasteiger partial charge >= 0.3 is 5.97 Å². The molecule has 1 aromatic heterocycles. The minimum Gasteiger partial charge on any atom is -0.477 e. The SMILES string of the molecule is CCCn1c(C(C)(C)C)ccc(C(=O)O)c1=O. The molecule has 0 unspecified atom stereocenters. The van der Waals surface area contributed by atoms with E-state index in [9.17, 15) is 9.59 Å². The Hall–Kier alpha value is -1.58. The molecule has 0 aromatic carbocycles. The second-order valence-corrected chi connectivity index (χ2v) is 5.14. The molecular formula is C13H19NO3. The van der Waals surface area contributed by atoms with Crippen molar-refractivity contribution >= 4 is 5.97 Å². The maximum atomic E-state index is 12.0. The van der Waals surface area contributed by atoms with E-state index in [-0.39, 0.29) is 11.0 Å². The van der Waals surface area contributed by atoms with Crippen LogP contribution in [0.25, 0.3) is 0 Å². The highest BCUT2D eigenvalue weighted by molar-refractivity contribution is 5.87. The summed E-state index contributed by atoms with van der Waals surface area (Å²) in [5, 5.41) is 8.94. The van der Waals surface area contributed by atoms with Gasteiger partial charge in [-0.3, -0.25) is 4.79 Å². The molecule has 0 aliphatic carbocycles. The number of pyridine rings is 1. The molecular weight excluding hydrogens is 218 g/mol. The first-order chi connectivity index (χ1) is 7.79. The quantitative estimate of drug-likeness (QED) is 0.877. The molecule has 0 amide bonds. The first-order valence-electron chi connectivity index (χ1n) is 5.76. The molecule has 0 radical (unpaired) electrons. The van der Waals surface area contributed by atoms with Crippen molar-refractivity contribution in [3.8, 4) is 0 Å². The van der Waals surface area contributed by atoms with Gasteiger partial charge in [0.25, 0.3) is 5.56 Å². The number of rotatable bonds is 3. The van der Waals surface area contributed by atoms with Gasteiger partial charge < -0.3 is 9.67 Å². The lowest BCUT2D eigenvalue weighted by atomic mass is 9.90. The molecule has 0 atom stereocenters. The predicted octanol–water partition coefficient (Wildman–Crippen LogP) is 2.25. The number of nitrogens with zero attached hydrogens (tertiary/aromatic N) is 1. The van der Waals surface area contributed by atoms with Crippen molar-refractivity contribution in [2.75, 3.05) is 0 Å². The summed E-state index contributed by atoms with van der Waals surface area (Å²) in [5.74, 6) is -1.17. The fraction of sp³-hybridized carbons (Fsp3) is 0.538. The summed E-state index contributed by atoms with van der Waals surface area (Å²) in [4.78, 5) is 23.0. The van der Waals surface area contributed by atoms with E-state index in [4.69, 9.17) is 5.11 Å². The molecule has 0 fully saturated rings. The van der Waals surface area contributed by atoms with E-state index in [2.05, 4.69) is 0 Å². The van der Waals surface area contributed by atoms with Crippen molar-refractivity contribution < 1.29 is 9.90 Å². The van der Waals surface area contributed by atoms with E-state index in [1.165, 1.54) is 6.07 Å². The third-order valence-electron chi connectivity index (χ3n) is 2.62. The van der Waals surface area contributed by atoms with Crippen molar-refractivity contribution in [2.45, 2.75) is 46.1 Å². The number of carboxylic acid groups (broad SMARTS) is 1. The van der Waals surface area contributed by atoms with E-state index in [0.29, 0.717) is 6.54 Å². The first kappa shape index (κ1) is 13.5. The van der Waals surface area contributed by atoms with Crippen LogP contribution in [0.1, 0.15) is 50.2 Å². The lowest BCUT2D eigenvalue weighted by Gasteiger charge is -2.24. The van der Waals surface area contributed by atoms with E-state index in [0.717, 1.165) is 12.1 Å². The van der Waals surface area contributed by atoms with Crippen LogP contribution in [-0.2, 0) is 12.0 Å². The Labute approximate surface area is 101 Å². The van der Waals surface area contributed by atoms with E-state index in [1.54, 1.807) is 10.6 Å². The fourth-order valence-corrected chi connectivity index (χ4v) is 1.84. The Morgan fingerprint density at radius 1 is 1.35 bits per heavy atom. The van der Waals surface area contributed by atoms with Gasteiger partial charge in [0.15, 0.2) is 0 Å². The molecule has 0 aliphatic heterocycles. The van der Waals surface area contributed by atoms with Crippen LogP contribution in [-0.4, -0.2) is 15.6 Å². The van der Waals surface area contributed by atoms with Gasteiger partial charge in [0.2, 0.25) is 0 Å². The van der Waals surface area contributed by atoms with Gasteiger partial charge in [-0.1, -0.05) is 27.7 Å². The minimum atomic E-state index is -1.17. The normalized spacial score (nSPS) is 11.5. The number of hydrogen-bond acceptors (Lipinski definition) is 2. The van der Waals surface area contributed by atoms with Gasteiger partial charge in [0.05, 0.1) is 0 Å². The van der Waals surface area contributed by atoms with Crippen LogP contribution in [0, 0.1) is 0 Å². The van der Waals surface area contributed by atoms with Crippen molar-refractivity contribution in [2.24, 2.45) is 0 Å². The van der Waals surface area contributed by atoms with Gasteiger partial charge in [-0.15, -0.1) is 0 Å². The highest BCUT2D eigenvalue weighted by atomic mass is 16.4. The predicted molar refractivity (Wildman–Crippen MR) is 66.7 cm³/mol. The summed E-state index contributed by atoms with van der Waals surface area (Å²) >= 11 is 0. The lowest BCUT2D eigenvalue weighted by Crippen LogP contribution is -2.33. The summed E-state index contributed by atoms with van der Waals surface area (Å²) in [6, 6.07) is 3.14. The molecule has 0 bridgehead atoms. The Balaban J connectivity index is 3.51. The first-order valence-corrected chi connectivity index (χ1v) is 5.76. The van der Waals surface area contributed by atoms with Crippen LogP contribution >= 0.6 is 0 Å². The largest absolute Gasteiger partial charge is 0.477 e. The average Bonchev–Trinajstić information content (AvgIpc) is 2.18. The van der Waals surface area contributed by atoms with Crippen molar-refractivity contribution in [3.05, 3.63) is 33.7 Å². The Bertz CT molecular complexity index is 480. The minimum absolute atomic E-state index is 0.161. The van der Waals surface area contributed by atoms with Crippen LogP contribution < -0.4 is 5.56 Å². The lowest BCUT2D eigenvalue weighted by molar-refractivity contribution is 0.0694. The summed E-state index contributed by atoms with van der Waals surface area (Å²) in [5.41, 5.74) is 0.123. The van der Waals surface area contributed by atoms with Crippen LogP contribution in [0.5, 0.6) is 0 Å². The van der Waals surface area contributed by atoms with Gasteiger partial charge in [-0.2, -0.15) is 0 Å². The number of aromatic carboxylic acids is 1. The van der Waals surface area contributed by atoms with Crippen LogP contribution in [0.3, 0.4) is 0 Å². The van der Waals surface area contributed by atoms with E-state index >= 15 is 0 Å². The topological polar surface area (TPSA) is 59.3 Å². The van der Waals surface area contributed by atoms with Gasteiger partial charge in [-0.05, 0) is 18.6 Å². The molecule has 1 rings (SSSR count). The molecule has 1 N–H and O–H groups in total.